The Morgan fingerprint density at radius 2 is 1.53 bits per heavy atom. The van der Waals surface area contributed by atoms with Crippen molar-refractivity contribution < 1.29 is 17.5 Å². The van der Waals surface area contributed by atoms with E-state index < -0.39 is 15.0 Å². The van der Waals surface area contributed by atoms with Gasteiger partial charge in [-0.3, -0.25) is 14.3 Å². The van der Waals surface area contributed by atoms with E-state index in [0.29, 0.717) is 16.7 Å². The summed E-state index contributed by atoms with van der Waals surface area (Å²) in [6, 6.07) is 0. The second-order valence-electron chi connectivity index (χ2n) is 4.55. The lowest BCUT2D eigenvalue weighted by Gasteiger charge is -2.15. The van der Waals surface area contributed by atoms with Crippen LogP contribution in [0.4, 0.5) is 5.69 Å². The fourth-order valence-electron chi connectivity index (χ4n) is 1.96. The highest BCUT2D eigenvalue weighted by molar-refractivity contribution is 7.85. The Bertz CT molecular complexity index is 634. The van der Waals surface area contributed by atoms with Gasteiger partial charge in [-0.2, -0.15) is 8.42 Å². The van der Waals surface area contributed by atoms with Crippen molar-refractivity contribution in [2.75, 3.05) is 6.26 Å². The molecule has 7 heteroatoms. The van der Waals surface area contributed by atoms with Crippen molar-refractivity contribution in [1.29, 1.82) is 0 Å². The summed E-state index contributed by atoms with van der Waals surface area (Å²) in [5.74, 6) is 0. The normalized spacial score (nSPS) is 11.6. The highest BCUT2D eigenvalue weighted by Crippen LogP contribution is 2.33. The van der Waals surface area contributed by atoms with E-state index >= 15 is 0 Å². The van der Waals surface area contributed by atoms with Crippen molar-refractivity contribution in [1.82, 2.24) is 0 Å². The third kappa shape index (κ3) is 3.30. The first-order valence-electron chi connectivity index (χ1n) is 5.64. The number of nitro groups is 1. The molecule has 1 rings (SSSR count). The molecule has 19 heavy (non-hydrogen) atoms. The standard InChI is InChI=1S/C12H17NO5S/c1-7-8(2)10(4)12(13(14)15)11(9(7)3)6-18-19(5,16)17/h6H2,1-5H3. The second-order valence-corrected chi connectivity index (χ2v) is 6.19. The second kappa shape index (κ2) is 5.26. The van der Waals surface area contributed by atoms with Crippen LogP contribution in [0.25, 0.3) is 0 Å². The Labute approximate surface area is 112 Å². The van der Waals surface area contributed by atoms with Gasteiger partial charge in [-0.25, -0.2) is 0 Å². The molecule has 6 nitrogen and oxygen atoms in total. The van der Waals surface area contributed by atoms with Crippen molar-refractivity contribution in [3.05, 3.63) is 37.9 Å². The molecule has 0 fully saturated rings. The molecule has 106 valence electrons. The van der Waals surface area contributed by atoms with E-state index in [-0.39, 0.29) is 12.3 Å². The highest BCUT2D eigenvalue weighted by atomic mass is 32.2. The number of rotatable bonds is 4. The molecular formula is C12H17NO5S. The lowest BCUT2D eigenvalue weighted by atomic mass is 9.93. The topological polar surface area (TPSA) is 86.5 Å². The average Bonchev–Trinajstić information content (AvgIpc) is 2.27. The van der Waals surface area contributed by atoms with Gasteiger partial charge in [-0.15, -0.1) is 0 Å². The molecule has 0 aliphatic carbocycles. The molecule has 0 aromatic heterocycles. The zero-order chi connectivity index (χ0) is 15.0. The summed E-state index contributed by atoms with van der Waals surface area (Å²) in [6.45, 7) is 6.74. The SMILES string of the molecule is Cc1c(C)c(C)c([N+](=O)[O-])c(COS(C)(=O)=O)c1C. The van der Waals surface area contributed by atoms with Crippen LogP contribution in [0.5, 0.6) is 0 Å². The van der Waals surface area contributed by atoms with Gasteiger partial charge in [0, 0.05) is 5.56 Å². The summed E-state index contributed by atoms with van der Waals surface area (Å²) in [6.07, 6.45) is 0.919. The quantitative estimate of drug-likeness (QED) is 0.482. The Morgan fingerprint density at radius 3 is 1.95 bits per heavy atom. The molecule has 0 unspecified atom stereocenters. The van der Waals surface area contributed by atoms with Crippen LogP contribution in [0, 0.1) is 37.8 Å². The maximum absolute atomic E-state index is 11.2. The lowest BCUT2D eigenvalue weighted by molar-refractivity contribution is -0.386. The number of hydrogen-bond donors (Lipinski definition) is 0. The molecule has 0 saturated carbocycles. The molecule has 0 bridgehead atoms. The third-order valence-corrected chi connectivity index (χ3v) is 3.93. The van der Waals surface area contributed by atoms with Gasteiger partial charge >= 0.3 is 0 Å². The Balaban J connectivity index is 3.48. The van der Waals surface area contributed by atoms with E-state index in [4.69, 9.17) is 4.18 Å². The first kappa shape index (κ1) is 15.6. The lowest BCUT2D eigenvalue weighted by Crippen LogP contribution is -2.09. The van der Waals surface area contributed by atoms with Gasteiger partial charge < -0.3 is 0 Å². The van der Waals surface area contributed by atoms with Crippen molar-refractivity contribution in [2.45, 2.75) is 34.3 Å². The zero-order valence-corrected chi connectivity index (χ0v) is 12.4. The minimum Gasteiger partial charge on any atom is -0.265 e. The fourth-order valence-corrected chi connectivity index (χ4v) is 2.29. The molecule has 0 N–H and O–H groups in total. The van der Waals surface area contributed by atoms with Crippen molar-refractivity contribution >= 4 is 15.8 Å². The van der Waals surface area contributed by atoms with E-state index in [9.17, 15) is 18.5 Å². The van der Waals surface area contributed by atoms with Crippen LogP contribution < -0.4 is 0 Å². The van der Waals surface area contributed by atoms with Gasteiger partial charge in [0.15, 0.2) is 0 Å². The predicted octanol–water partition coefficient (Wildman–Crippen LogP) is 2.30. The van der Waals surface area contributed by atoms with Gasteiger partial charge in [-0.05, 0) is 44.4 Å². The zero-order valence-electron chi connectivity index (χ0n) is 11.6. The maximum Gasteiger partial charge on any atom is 0.278 e. The van der Waals surface area contributed by atoms with Crippen LogP contribution >= 0.6 is 0 Å². The van der Waals surface area contributed by atoms with Crippen LogP contribution in [0.2, 0.25) is 0 Å². The van der Waals surface area contributed by atoms with Crippen LogP contribution in [0.15, 0.2) is 0 Å². The van der Waals surface area contributed by atoms with Crippen LogP contribution in [-0.4, -0.2) is 19.6 Å². The summed E-state index contributed by atoms with van der Waals surface area (Å²) < 4.78 is 26.8. The summed E-state index contributed by atoms with van der Waals surface area (Å²) in [5, 5.41) is 11.2. The van der Waals surface area contributed by atoms with Crippen molar-refractivity contribution in [3.8, 4) is 0 Å². The molecule has 0 spiro atoms. The minimum absolute atomic E-state index is 0.0655. The van der Waals surface area contributed by atoms with Crippen LogP contribution in [-0.2, 0) is 20.9 Å². The Kier molecular flexibility index (Phi) is 4.32. The fraction of sp³-hybridized carbons (Fsp3) is 0.500. The van der Waals surface area contributed by atoms with Crippen LogP contribution in [0.1, 0.15) is 27.8 Å². The molecule has 0 aliphatic heterocycles. The molecular weight excluding hydrogens is 270 g/mol. The molecule has 0 amide bonds. The maximum atomic E-state index is 11.2. The third-order valence-electron chi connectivity index (χ3n) is 3.38. The molecule has 0 aliphatic rings. The van der Waals surface area contributed by atoms with Gasteiger partial charge in [0.25, 0.3) is 15.8 Å². The molecule has 0 radical (unpaired) electrons. The minimum atomic E-state index is -3.64. The van der Waals surface area contributed by atoms with Gasteiger partial charge in [-0.1, -0.05) is 0 Å². The number of hydrogen-bond acceptors (Lipinski definition) is 5. The van der Waals surface area contributed by atoms with E-state index in [1.807, 2.05) is 13.8 Å². The first-order valence-corrected chi connectivity index (χ1v) is 7.46. The number of nitrogens with zero attached hydrogens (tertiary/aromatic N) is 1. The van der Waals surface area contributed by atoms with Gasteiger partial charge in [0.2, 0.25) is 0 Å². The van der Waals surface area contributed by atoms with Crippen molar-refractivity contribution in [2.24, 2.45) is 0 Å². The predicted molar refractivity (Wildman–Crippen MR) is 71.7 cm³/mol. The van der Waals surface area contributed by atoms with Gasteiger partial charge in [0.1, 0.15) is 0 Å². The molecule has 0 heterocycles. The first-order chi connectivity index (χ1) is 8.56. The highest BCUT2D eigenvalue weighted by Gasteiger charge is 2.24. The van der Waals surface area contributed by atoms with E-state index in [2.05, 4.69) is 0 Å². The molecule has 0 saturated heterocycles. The Morgan fingerprint density at radius 1 is 1.05 bits per heavy atom. The number of nitro benzene ring substituents is 1. The smallest absolute Gasteiger partial charge is 0.265 e. The number of benzene rings is 1. The Hall–Kier alpha value is -1.47. The largest absolute Gasteiger partial charge is 0.278 e. The van der Waals surface area contributed by atoms with Crippen LogP contribution in [0.3, 0.4) is 0 Å². The summed E-state index contributed by atoms with van der Waals surface area (Å²) in [5.41, 5.74) is 3.24. The summed E-state index contributed by atoms with van der Waals surface area (Å²) >= 11 is 0. The summed E-state index contributed by atoms with van der Waals surface area (Å²) in [7, 11) is -3.64. The van der Waals surface area contributed by atoms with E-state index in [1.165, 1.54) is 0 Å². The monoisotopic (exact) mass is 287 g/mol. The van der Waals surface area contributed by atoms with Crippen molar-refractivity contribution in [3.63, 3.8) is 0 Å². The molecule has 0 atom stereocenters. The van der Waals surface area contributed by atoms with E-state index in [1.54, 1.807) is 13.8 Å². The average molecular weight is 287 g/mol. The summed E-state index contributed by atoms with van der Waals surface area (Å²) in [4.78, 5) is 10.7. The molecule has 1 aromatic carbocycles. The van der Waals surface area contributed by atoms with Gasteiger partial charge in [0.05, 0.1) is 23.3 Å². The van der Waals surface area contributed by atoms with E-state index in [0.717, 1.165) is 17.4 Å². The molecule has 1 aromatic rings.